The molecule has 3 aromatic rings. The van der Waals surface area contributed by atoms with Crippen LogP contribution in [0.5, 0.6) is 0 Å². The van der Waals surface area contributed by atoms with Crippen LogP contribution in [0.25, 0.3) is 10.9 Å². The Balaban J connectivity index is 1.62. The third kappa shape index (κ3) is 3.80. The summed E-state index contributed by atoms with van der Waals surface area (Å²) in [6, 6.07) is 5.80. The maximum atomic E-state index is 13.5. The van der Waals surface area contributed by atoms with Crippen molar-refractivity contribution in [3.63, 3.8) is 0 Å². The fourth-order valence-corrected chi connectivity index (χ4v) is 3.76. The number of aryl methyl sites for hydroxylation is 1. The molecular weight excluding hydrogens is 377 g/mol. The van der Waals surface area contributed by atoms with Gasteiger partial charge in [0.05, 0.1) is 23.2 Å². The quantitative estimate of drug-likeness (QED) is 0.721. The van der Waals surface area contributed by atoms with Crippen LogP contribution in [-0.4, -0.2) is 45.1 Å². The van der Waals surface area contributed by atoms with E-state index in [0.29, 0.717) is 41.1 Å². The van der Waals surface area contributed by atoms with Crippen LogP contribution in [0.2, 0.25) is 0 Å². The number of carbonyl (C=O) groups is 2. The maximum Gasteiger partial charge on any atom is 0.250 e. The number of aromatic nitrogens is 3. The highest BCUT2D eigenvalue weighted by Crippen LogP contribution is 2.30. The molecule has 0 aliphatic carbocycles. The van der Waals surface area contributed by atoms with E-state index in [1.807, 2.05) is 0 Å². The number of likely N-dealkylation sites (tertiary alicyclic amines) is 1. The number of fused-ring (bicyclic) bond motifs is 1. The van der Waals surface area contributed by atoms with E-state index in [-0.39, 0.29) is 23.8 Å². The van der Waals surface area contributed by atoms with Crippen molar-refractivity contribution in [2.45, 2.75) is 32.1 Å². The van der Waals surface area contributed by atoms with E-state index in [4.69, 9.17) is 5.73 Å². The predicted octanol–water partition coefficient (Wildman–Crippen LogP) is 2.11. The van der Waals surface area contributed by atoms with Gasteiger partial charge in [0.2, 0.25) is 5.91 Å². The van der Waals surface area contributed by atoms with Gasteiger partial charge in [-0.15, -0.1) is 0 Å². The average Bonchev–Trinajstić information content (AvgIpc) is 3.11. The van der Waals surface area contributed by atoms with Gasteiger partial charge in [0.25, 0.3) is 5.91 Å². The van der Waals surface area contributed by atoms with Gasteiger partial charge in [-0.05, 0) is 44.0 Å². The molecule has 1 saturated heterocycles. The minimum atomic E-state index is -0.619. The molecule has 2 N–H and O–H groups in total. The molecule has 3 heterocycles. The minimum Gasteiger partial charge on any atom is -0.366 e. The van der Waals surface area contributed by atoms with E-state index in [1.54, 1.807) is 24.0 Å². The van der Waals surface area contributed by atoms with Crippen LogP contribution in [0.15, 0.2) is 28.9 Å². The van der Waals surface area contributed by atoms with Crippen LogP contribution in [-0.2, 0) is 11.2 Å². The number of carbonyl (C=O) groups excluding carboxylic acids is 2. The zero-order chi connectivity index (χ0) is 20.5. The summed E-state index contributed by atoms with van der Waals surface area (Å²) >= 11 is 0. The number of rotatable bonds is 4. The highest BCUT2D eigenvalue weighted by Gasteiger charge is 2.29. The number of benzene rings is 1. The lowest BCUT2D eigenvalue weighted by Crippen LogP contribution is -2.40. The molecule has 1 aliphatic heterocycles. The largest absolute Gasteiger partial charge is 0.366 e. The van der Waals surface area contributed by atoms with Gasteiger partial charge in [-0.25, -0.2) is 9.02 Å². The van der Waals surface area contributed by atoms with Crippen LogP contribution in [0.4, 0.5) is 4.39 Å². The number of pyridine rings is 1. The highest BCUT2D eigenvalue weighted by molar-refractivity contribution is 5.98. The normalized spacial score (nSPS) is 16.9. The molecule has 1 atom stereocenters. The third-order valence-corrected chi connectivity index (χ3v) is 5.30. The van der Waals surface area contributed by atoms with Crippen molar-refractivity contribution in [1.29, 1.82) is 0 Å². The monoisotopic (exact) mass is 397 g/mol. The third-order valence-electron chi connectivity index (χ3n) is 5.30. The second-order valence-electron chi connectivity index (χ2n) is 7.27. The van der Waals surface area contributed by atoms with Gasteiger partial charge in [-0.1, -0.05) is 10.3 Å². The van der Waals surface area contributed by atoms with Crippen LogP contribution >= 0.6 is 0 Å². The molecule has 1 unspecified atom stereocenters. The topological polar surface area (TPSA) is 115 Å². The van der Waals surface area contributed by atoms with E-state index in [1.165, 1.54) is 12.1 Å². The average molecular weight is 397 g/mol. The molecule has 1 fully saturated rings. The van der Waals surface area contributed by atoms with Gasteiger partial charge in [0.15, 0.2) is 0 Å². The maximum absolute atomic E-state index is 13.5. The zero-order valence-corrected chi connectivity index (χ0v) is 15.9. The van der Waals surface area contributed by atoms with Crippen LogP contribution < -0.4 is 5.73 Å². The molecule has 4 rings (SSSR count). The molecule has 2 aromatic heterocycles. The summed E-state index contributed by atoms with van der Waals surface area (Å²) < 4.78 is 18.2. The summed E-state index contributed by atoms with van der Waals surface area (Å²) in [6.45, 7) is 2.77. The number of primary amides is 1. The van der Waals surface area contributed by atoms with Crippen molar-refractivity contribution < 1.29 is 18.6 Å². The number of nitrogens with zero attached hydrogens (tertiary/aromatic N) is 4. The Hall–Kier alpha value is -3.36. The summed E-state index contributed by atoms with van der Waals surface area (Å²) in [4.78, 5) is 31.1. The number of amides is 2. The Labute approximate surface area is 165 Å². The highest BCUT2D eigenvalue weighted by atomic mass is 19.1. The lowest BCUT2D eigenvalue weighted by atomic mass is 9.90. The summed E-state index contributed by atoms with van der Waals surface area (Å²) in [5, 5.41) is 7.98. The number of nitrogens with two attached hydrogens (primary N) is 1. The van der Waals surface area contributed by atoms with Crippen LogP contribution in [0.1, 0.15) is 46.2 Å². The van der Waals surface area contributed by atoms with Gasteiger partial charge >= 0.3 is 0 Å². The van der Waals surface area contributed by atoms with Crippen LogP contribution in [0.3, 0.4) is 0 Å². The molecule has 8 nitrogen and oxygen atoms in total. The summed E-state index contributed by atoms with van der Waals surface area (Å²) in [5.74, 6) is -1.25. The van der Waals surface area contributed by atoms with E-state index >= 15 is 0 Å². The molecule has 0 radical (unpaired) electrons. The Morgan fingerprint density at radius 2 is 2.14 bits per heavy atom. The number of halogens is 1. The first-order valence-corrected chi connectivity index (χ1v) is 9.38. The molecular formula is C20H20FN5O3. The first-order valence-electron chi connectivity index (χ1n) is 9.38. The van der Waals surface area contributed by atoms with Crippen molar-refractivity contribution in [3.05, 3.63) is 52.7 Å². The number of piperidine rings is 1. The lowest BCUT2D eigenvalue weighted by Gasteiger charge is -2.33. The number of hydrogen-bond donors (Lipinski definition) is 1. The summed E-state index contributed by atoms with van der Waals surface area (Å²) in [6.07, 6.45) is 1.65. The van der Waals surface area contributed by atoms with Gasteiger partial charge < -0.3 is 10.6 Å². The molecule has 150 valence electrons. The van der Waals surface area contributed by atoms with Gasteiger partial charge in [-0.3, -0.25) is 14.6 Å². The Kier molecular flexibility index (Phi) is 4.96. The van der Waals surface area contributed by atoms with Gasteiger partial charge in [-0.2, -0.15) is 0 Å². The Morgan fingerprint density at radius 1 is 1.31 bits per heavy atom. The minimum absolute atomic E-state index is 0.0861. The molecule has 9 heteroatoms. The van der Waals surface area contributed by atoms with E-state index in [2.05, 4.69) is 19.9 Å². The first-order chi connectivity index (χ1) is 13.9. The lowest BCUT2D eigenvalue weighted by molar-refractivity contribution is -0.131. The van der Waals surface area contributed by atoms with E-state index in [0.717, 1.165) is 12.8 Å². The molecule has 1 aromatic carbocycles. The predicted molar refractivity (Wildman–Crippen MR) is 102 cm³/mol. The van der Waals surface area contributed by atoms with Crippen LogP contribution in [0, 0.1) is 12.7 Å². The Bertz CT molecular complexity index is 1100. The molecule has 2 amide bonds. The fraction of sp³-hybridized carbons (Fsp3) is 0.350. The van der Waals surface area contributed by atoms with Crippen molar-refractivity contribution in [1.82, 2.24) is 20.2 Å². The number of hydrogen-bond acceptors (Lipinski definition) is 6. The van der Waals surface area contributed by atoms with E-state index in [9.17, 15) is 14.0 Å². The SMILES string of the molecule is Cc1nonc1CC(=O)N1CCCC(c2nc3ccc(F)cc3cc2C(N)=O)C1. The van der Waals surface area contributed by atoms with Crippen molar-refractivity contribution in [3.8, 4) is 0 Å². The van der Waals surface area contributed by atoms with Gasteiger partial charge in [0, 0.05) is 24.4 Å². The van der Waals surface area contributed by atoms with Crippen molar-refractivity contribution >= 4 is 22.7 Å². The standard InChI is InChI=1S/C20H20FN5O3/c1-11-17(25-29-24-11)9-18(27)26-6-2-3-12(10-26)19-15(20(22)28)8-13-7-14(21)4-5-16(13)23-19/h4-5,7-8,12H,2-3,6,9-10H2,1H3,(H2,22,28). The zero-order valence-electron chi connectivity index (χ0n) is 15.9. The molecule has 0 bridgehead atoms. The summed E-state index contributed by atoms with van der Waals surface area (Å²) in [5.41, 5.74) is 8.07. The molecule has 1 aliphatic rings. The van der Waals surface area contributed by atoms with Crippen molar-refractivity contribution in [2.75, 3.05) is 13.1 Å². The Morgan fingerprint density at radius 3 is 2.86 bits per heavy atom. The van der Waals surface area contributed by atoms with E-state index < -0.39 is 11.7 Å². The summed E-state index contributed by atoms with van der Waals surface area (Å²) in [7, 11) is 0. The van der Waals surface area contributed by atoms with Gasteiger partial charge in [0.1, 0.15) is 17.2 Å². The second-order valence-corrected chi connectivity index (χ2v) is 7.27. The first kappa shape index (κ1) is 19.0. The molecule has 0 spiro atoms. The van der Waals surface area contributed by atoms with Crippen molar-refractivity contribution in [2.24, 2.45) is 5.73 Å². The molecule has 0 saturated carbocycles. The fourth-order valence-electron chi connectivity index (χ4n) is 3.76. The molecule has 29 heavy (non-hydrogen) atoms. The smallest absolute Gasteiger partial charge is 0.250 e. The second kappa shape index (κ2) is 7.57.